The van der Waals surface area contributed by atoms with Gasteiger partial charge in [0.15, 0.2) is 5.75 Å². The van der Waals surface area contributed by atoms with Gasteiger partial charge in [0, 0.05) is 17.2 Å². The van der Waals surface area contributed by atoms with E-state index in [0.717, 1.165) is 12.1 Å². The molecule has 0 aliphatic rings. The largest absolute Gasteiger partial charge is 1.00 e. The number of ether oxygens (including phenoxy) is 1. The van der Waals surface area contributed by atoms with Crippen molar-refractivity contribution in [1.82, 2.24) is 0 Å². The number of nitrogens with zero attached hydrogens (tertiary/aromatic N) is 1. The van der Waals surface area contributed by atoms with Crippen LogP contribution in [-0.4, -0.2) is 18.4 Å². The quantitative estimate of drug-likeness (QED) is 0.447. The Morgan fingerprint density at radius 3 is 2.47 bits per heavy atom. The third-order valence-corrected chi connectivity index (χ3v) is 1.78. The predicted octanol–water partition coefficient (Wildman–Crippen LogP) is 0.0176. The number of nitro benzene ring substituents is 1. The molecule has 0 unspecified atom stereocenters. The van der Waals surface area contributed by atoms with Crippen LogP contribution in [0.1, 0.15) is 0 Å². The van der Waals surface area contributed by atoms with Crippen LogP contribution in [0.25, 0.3) is 0 Å². The number of nitro groups is 1. The van der Waals surface area contributed by atoms with E-state index < -0.39 is 29.8 Å². The minimum Gasteiger partial charge on any atom is -0.517 e. The van der Waals surface area contributed by atoms with E-state index in [-0.39, 0.29) is 56.4 Å². The number of hydrogen-bond acceptors (Lipinski definition) is 3. The van der Waals surface area contributed by atoms with E-state index in [9.17, 15) is 23.1 Å². The van der Waals surface area contributed by atoms with Crippen LogP contribution in [0.15, 0.2) is 18.2 Å². The Morgan fingerprint density at radius 2 is 2.00 bits per heavy atom. The van der Waals surface area contributed by atoms with Crippen LogP contribution >= 0.6 is 11.6 Å². The summed E-state index contributed by atoms with van der Waals surface area (Å²) in [6.45, 7) is -6.70. The second-order valence-corrected chi connectivity index (χ2v) is 3.33. The average molecular weight is 293 g/mol. The van der Waals surface area contributed by atoms with Crippen molar-refractivity contribution in [1.29, 1.82) is 0 Å². The van der Waals surface area contributed by atoms with Gasteiger partial charge in [-0.25, -0.2) is 0 Å². The Hall–Kier alpha value is 0.201. The van der Waals surface area contributed by atoms with Gasteiger partial charge in [0.25, 0.3) is 0 Å². The zero-order valence-electron chi connectivity index (χ0n) is 8.70. The molecule has 0 aliphatic heterocycles. The Balaban J connectivity index is 0.00000256. The van der Waals surface area contributed by atoms with E-state index in [0.29, 0.717) is 0 Å². The Labute approximate surface area is 142 Å². The summed E-state index contributed by atoms with van der Waals surface area (Å²) in [6, 6.07) is 3.16. The summed E-state index contributed by atoms with van der Waals surface area (Å²) in [6.07, 6.45) is 0. The number of benzene rings is 1. The summed E-state index contributed by atoms with van der Waals surface area (Å²) < 4.78 is 40.0. The molecule has 17 heavy (non-hydrogen) atoms. The first kappa shape index (κ1) is 17.2. The maximum absolute atomic E-state index is 11.9. The van der Waals surface area contributed by atoms with Gasteiger partial charge in [-0.05, 0) is 6.07 Å². The van der Waals surface area contributed by atoms with Crippen LogP contribution in [0.3, 0.4) is 0 Å². The Bertz CT molecular complexity index is 418. The first-order chi connectivity index (χ1) is 7.29. The van der Waals surface area contributed by atoms with Crippen LogP contribution in [0, 0.1) is 10.1 Å². The number of halogens is 4. The van der Waals surface area contributed by atoms with E-state index in [1.807, 2.05) is 0 Å². The second-order valence-electron chi connectivity index (χ2n) is 2.89. The molecule has 0 heterocycles. The maximum Gasteiger partial charge on any atom is 1.00 e. The van der Waals surface area contributed by atoms with Crippen molar-refractivity contribution in [3.63, 3.8) is 0 Å². The first-order valence-corrected chi connectivity index (χ1v) is 4.45. The van der Waals surface area contributed by atoms with Crippen molar-refractivity contribution < 1.29 is 74.0 Å². The molecule has 0 aromatic heterocycles. The SMILES string of the molecule is O=[N+]([O-])c1ccc(Cl)cc1OC[B-](F)(F)F.[K+]. The molecular weight excluding hydrogens is 288 g/mol. The van der Waals surface area contributed by atoms with Crippen molar-refractivity contribution >= 4 is 24.3 Å². The van der Waals surface area contributed by atoms with Crippen molar-refractivity contribution in [3.05, 3.63) is 33.3 Å². The van der Waals surface area contributed by atoms with Crippen LogP contribution < -0.4 is 56.1 Å². The molecule has 0 amide bonds. The molecule has 0 saturated carbocycles. The summed E-state index contributed by atoms with van der Waals surface area (Å²) in [5.74, 6) is -0.489. The van der Waals surface area contributed by atoms with Gasteiger partial charge in [-0.3, -0.25) is 10.1 Å². The van der Waals surface area contributed by atoms with Gasteiger partial charge in [0.2, 0.25) is 0 Å². The fourth-order valence-corrected chi connectivity index (χ4v) is 1.10. The maximum atomic E-state index is 11.9. The minimum absolute atomic E-state index is 0. The van der Waals surface area contributed by atoms with E-state index in [1.54, 1.807) is 0 Å². The van der Waals surface area contributed by atoms with E-state index in [1.165, 1.54) is 6.07 Å². The Morgan fingerprint density at radius 1 is 1.41 bits per heavy atom. The standard InChI is InChI=1S/C7H5BClF3NO3.K/c9-5-1-2-6(13(14)15)7(3-5)16-4-8(10,11)12;/h1-3H,4H2;/q-1;+1. The summed E-state index contributed by atoms with van der Waals surface area (Å²) in [4.78, 5) is 9.63. The molecule has 1 rings (SSSR count). The van der Waals surface area contributed by atoms with Gasteiger partial charge < -0.3 is 17.7 Å². The van der Waals surface area contributed by atoms with Crippen molar-refractivity contribution in [2.24, 2.45) is 0 Å². The van der Waals surface area contributed by atoms with Gasteiger partial charge in [-0.1, -0.05) is 11.6 Å². The molecule has 0 bridgehead atoms. The number of rotatable bonds is 4. The van der Waals surface area contributed by atoms with Crippen LogP contribution in [0.5, 0.6) is 5.75 Å². The molecule has 1 aromatic rings. The van der Waals surface area contributed by atoms with Gasteiger partial charge >= 0.3 is 64.0 Å². The average Bonchev–Trinajstić information content (AvgIpc) is 2.13. The normalized spacial score (nSPS) is 10.6. The molecular formula is C7H5BClF3KNO3. The van der Waals surface area contributed by atoms with E-state index >= 15 is 0 Å². The van der Waals surface area contributed by atoms with Crippen molar-refractivity contribution in [2.75, 3.05) is 6.51 Å². The smallest absolute Gasteiger partial charge is 0.517 e. The van der Waals surface area contributed by atoms with Crippen LogP contribution in [0.4, 0.5) is 18.6 Å². The molecule has 0 radical (unpaired) electrons. The third-order valence-electron chi connectivity index (χ3n) is 1.55. The van der Waals surface area contributed by atoms with Crippen LogP contribution in [0.2, 0.25) is 5.02 Å². The molecule has 10 heteroatoms. The fraction of sp³-hybridized carbons (Fsp3) is 0.143. The first-order valence-electron chi connectivity index (χ1n) is 4.07. The fourth-order valence-electron chi connectivity index (χ4n) is 0.939. The van der Waals surface area contributed by atoms with Gasteiger partial charge in [0.05, 0.1) is 11.4 Å². The molecule has 0 atom stereocenters. The van der Waals surface area contributed by atoms with Crippen molar-refractivity contribution in [3.8, 4) is 5.75 Å². The zero-order chi connectivity index (χ0) is 12.3. The molecule has 0 saturated heterocycles. The topological polar surface area (TPSA) is 52.4 Å². The summed E-state index contributed by atoms with van der Waals surface area (Å²) >= 11 is 5.49. The van der Waals surface area contributed by atoms with Crippen LogP contribution in [-0.2, 0) is 0 Å². The molecule has 0 spiro atoms. The van der Waals surface area contributed by atoms with Crippen molar-refractivity contribution in [2.45, 2.75) is 0 Å². The third kappa shape index (κ3) is 6.07. The molecule has 0 N–H and O–H groups in total. The monoisotopic (exact) mass is 293 g/mol. The summed E-state index contributed by atoms with van der Waals surface area (Å²) in [7, 11) is 0. The zero-order valence-corrected chi connectivity index (χ0v) is 12.6. The molecule has 4 nitrogen and oxygen atoms in total. The molecule has 1 aromatic carbocycles. The summed E-state index contributed by atoms with van der Waals surface area (Å²) in [5.41, 5.74) is -0.551. The Kier molecular flexibility index (Phi) is 7.04. The van der Waals surface area contributed by atoms with Gasteiger partial charge in [0.1, 0.15) is 0 Å². The van der Waals surface area contributed by atoms with E-state index in [2.05, 4.69) is 4.74 Å². The van der Waals surface area contributed by atoms with Gasteiger partial charge in [-0.15, -0.1) is 0 Å². The molecule has 0 fully saturated rings. The second kappa shape index (κ2) is 6.95. The molecule has 0 aliphatic carbocycles. The number of hydrogen-bond donors (Lipinski definition) is 0. The van der Waals surface area contributed by atoms with Gasteiger partial charge in [-0.2, -0.15) is 0 Å². The summed E-state index contributed by atoms with van der Waals surface area (Å²) in [5, 5.41) is 10.5. The molecule has 88 valence electrons. The van der Waals surface area contributed by atoms with E-state index in [4.69, 9.17) is 11.6 Å². The predicted molar refractivity (Wildman–Crippen MR) is 52.7 cm³/mol. The minimum atomic E-state index is -5.16.